The summed E-state index contributed by atoms with van der Waals surface area (Å²) in [6.07, 6.45) is 8.04. The van der Waals surface area contributed by atoms with E-state index in [2.05, 4.69) is 41.2 Å². The van der Waals surface area contributed by atoms with Crippen molar-refractivity contribution in [1.82, 2.24) is 5.32 Å². The summed E-state index contributed by atoms with van der Waals surface area (Å²) in [4.78, 5) is 0. The van der Waals surface area contributed by atoms with Crippen molar-refractivity contribution < 1.29 is 13.9 Å². The van der Waals surface area contributed by atoms with E-state index in [9.17, 15) is 4.39 Å². The van der Waals surface area contributed by atoms with Gasteiger partial charge < -0.3 is 14.8 Å². The minimum absolute atomic E-state index is 0.229. The lowest BCUT2D eigenvalue weighted by atomic mass is 9.43. The van der Waals surface area contributed by atoms with E-state index in [0.717, 1.165) is 28.1 Å². The van der Waals surface area contributed by atoms with Crippen LogP contribution in [-0.2, 0) is 13.2 Å². The molecule has 4 bridgehead atoms. The first-order valence-corrected chi connectivity index (χ1v) is 13.0. The van der Waals surface area contributed by atoms with Gasteiger partial charge in [-0.15, -0.1) is 0 Å². The van der Waals surface area contributed by atoms with E-state index >= 15 is 0 Å². The highest BCUT2D eigenvalue weighted by molar-refractivity contribution is 9.10. The molecule has 4 saturated carbocycles. The highest BCUT2D eigenvalue weighted by Crippen LogP contribution is 2.66. The average Bonchev–Trinajstić information content (AvgIpc) is 2.69. The van der Waals surface area contributed by atoms with Gasteiger partial charge in [0.1, 0.15) is 12.4 Å². The van der Waals surface area contributed by atoms with E-state index in [-0.39, 0.29) is 18.0 Å². The standard InChI is InChI=1S/C27H32BrClFNO2/c1-25-9-18-10-26(2,14-25)16-27(11-18,15-25)31-12-17-6-21(28)24(23(7-17)32-3)33-13-19-4-5-20(30)8-22(19)29/h4-8,18,31H,9-16H2,1-3H3. The van der Waals surface area contributed by atoms with Gasteiger partial charge in [-0.05, 0) is 101 Å². The minimum atomic E-state index is -0.360. The molecular formula is C27H32BrClFNO2. The maximum Gasteiger partial charge on any atom is 0.175 e. The number of ether oxygens (including phenoxy) is 2. The number of halogens is 3. The molecule has 2 unspecified atom stereocenters. The van der Waals surface area contributed by atoms with Gasteiger partial charge in [-0.25, -0.2) is 4.39 Å². The second-order valence-electron chi connectivity index (χ2n) is 11.4. The third-order valence-corrected chi connectivity index (χ3v) is 8.91. The van der Waals surface area contributed by atoms with E-state index in [4.69, 9.17) is 21.1 Å². The normalized spacial score (nSPS) is 32.2. The van der Waals surface area contributed by atoms with Crippen molar-refractivity contribution in [3.05, 3.63) is 56.8 Å². The van der Waals surface area contributed by atoms with Crippen LogP contribution >= 0.6 is 27.5 Å². The van der Waals surface area contributed by atoms with Crippen LogP contribution in [-0.4, -0.2) is 12.6 Å². The molecule has 178 valence electrons. The summed E-state index contributed by atoms with van der Waals surface area (Å²) in [5.74, 6) is 1.79. The first-order chi connectivity index (χ1) is 15.6. The van der Waals surface area contributed by atoms with Gasteiger partial charge in [0.25, 0.3) is 0 Å². The molecule has 0 aromatic heterocycles. The number of hydrogen-bond acceptors (Lipinski definition) is 3. The molecular weight excluding hydrogens is 505 g/mol. The maximum absolute atomic E-state index is 13.3. The van der Waals surface area contributed by atoms with Crippen LogP contribution in [0.3, 0.4) is 0 Å². The van der Waals surface area contributed by atoms with Crippen molar-refractivity contribution in [1.29, 1.82) is 0 Å². The summed E-state index contributed by atoms with van der Waals surface area (Å²) in [6, 6.07) is 8.47. The van der Waals surface area contributed by atoms with Crippen LogP contribution in [0.1, 0.15) is 63.5 Å². The Balaban J connectivity index is 1.30. The van der Waals surface area contributed by atoms with Crippen molar-refractivity contribution in [3.63, 3.8) is 0 Å². The summed E-state index contributed by atoms with van der Waals surface area (Å²) in [7, 11) is 1.65. The molecule has 0 heterocycles. The predicted molar refractivity (Wildman–Crippen MR) is 133 cm³/mol. The van der Waals surface area contributed by atoms with Crippen molar-refractivity contribution in [2.24, 2.45) is 16.7 Å². The summed E-state index contributed by atoms with van der Waals surface area (Å²) in [5.41, 5.74) is 3.10. The molecule has 0 amide bonds. The van der Waals surface area contributed by atoms with E-state index in [1.165, 1.54) is 50.7 Å². The first kappa shape index (κ1) is 23.4. The Morgan fingerprint density at radius 1 is 1.09 bits per heavy atom. The summed E-state index contributed by atoms with van der Waals surface area (Å²) in [5, 5.41) is 4.34. The molecule has 2 atom stereocenters. The van der Waals surface area contributed by atoms with Crippen molar-refractivity contribution in [3.8, 4) is 11.5 Å². The molecule has 33 heavy (non-hydrogen) atoms. The average molecular weight is 537 g/mol. The first-order valence-electron chi connectivity index (χ1n) is 11.8. The molecule has 4 fully saturated rings. The van der Waals surface area contributed by atoms with Crippen molar-refractivity contribution in [2.75, 3.05) is 7.11 Å². The van der Waals surface area contributed by atoms with Crippen molar-refractivity contribution in [2.45, 2.75) is 71.1 Å². The van der Waals surface area contributed by atoms with Crippen LogP contribution in [0.2, 0.25) is 5.02 Å². The molecule has 0 spiro atoms. The van der Waals surface area contributed by atoms with Gasteiger partial charge in [-0.1, -0.05) is 31.5 Å². The second-order valence-corrected chi connectivity index (χ2v) is 12.7. The minimum Gasteiger partial charge on any atom is -0.493 e. The van der Waals surface area contributed by atoms with Gasteiger partial charge in [-0.2, -0.15) is 0 Å². The van der Waals surface area contributed by atoms with Crippen LogP contribution in [0.15, 0.2) is 34.8 Å². The van der Waals surface area contributed by atoms with Crippen molar-refractivity contribution >= 4 is 27.5 Å². The highest BCUT2D eigenvalue weighted by atomic mass is 79.9. The van der Waals surface area contributed by atoms with Gasteiger partial charge in [0, 0.05) is 17.6 Å². The summed E-state index contributed by atoms with van der Waals surface area (Å²) in [6.45, 7) is 6.04. The molecule has 6 heteroatoms. The Morgan fingerprint density at radius 3 is 2.45 bits per heavy atom. The van der Waals surface area contributed by atoms with E-state index in [1.54, 1.807) is 13.2 Å². The smallest absolute Gasteiger partial charge is 0.175 e. The molecule has 2 aromatic rings. The molecule has 0 saturated heterocycles. The Hall–Kier alpha value is -1.30. The van der Waals surface area contributed by atoms with Crippen LogP contribution in [0.5, 0.6) is 11.5 Å². The van der Waals surface area contributed by atoms with Crippen LogP contribution in [0.25, 0.3) is 0 Å². The number of rotatable bonds is 7. The zero-order valence-electron chi connectivity index (χ0n) is 19.6. The van der Waals surface area contributed by atoms with E-state index in [0.29, 0.717) is 27.4 Å². The topological polar surface area (TPSA) is 30.5 Å². The number of benzene rings is 2. The lowest BCUT2D eigenvalue weighted by molar-refractivity contribution is -0.118. The lowest BCUT2D eigenvalue weighted by Gasteiger charge is -2.65. The third-order valence-electron chi connectivity index (χ3n) is 7.97. The molecule has 0 aliphatic heterocycles. The fraction of sp³-hybridized carbons (Fsp3) is 0.556. The monoisotopic (exact) mass is 535 g/mol. The Kier molecular flexibility index (Phi) is 5.98. The zero-order valence-corrected chi connectivity index (χ0v) is 21.9. The van der Waals surface area contributed by atoms with Crippen LogP contribution in [0.4, 0.5) is 4.39 Å². The predicted octanol–water partition coefficient (Wildman–Crippen LogP) is 7.67. The van der Waals surface area contributed by atoms with Gasteiger partial charge in [-0.3, -0.25) is 0 Å². The molecule has 6 rings (SSSR count). The Morgan fingerprint density at radius 2 is 1.82 bits per heavy atom. The van der Waals surface area contributed by atoms with Crippen LogP contribution in [0, 0.1) is 22.6 Å². The van der Waals surface area contributed by atoms with Gasteiger partial charge in [0.15, 0.2) is 11.5 Å². The molecule has 1 N–H and O–H groups in total. The second kappa shape index (κ2) is 8.42. The fourth-order valence-corrected chi connectivity index (χ4v) is 8.56. The quantitative estimate of drug-likeness (QED) is 0.394. The van der Waals surface area contributed by atoms with E-state index in [1.807, 2.05) is 6.07 Å². The largest absolute Gasteiger partial charge is 0.493 e. The number of methoxy groups -OCH3 is 1. The molecule has 4 aliphatic carbocycles. The van der Waals surface area contributed by atoms with E-state index < -0.39 is 0 Å². The fourth-order valence-electron chi connectivity index (χ4n) is 7.74. The molecule has 4 aliphatic rings. The molecule has 2 aromatic carbocycles. The Labute approximate surface area is 209 Å². The van der Waals surface area contributed by atoms with Gasteiger partial charge >= 0.3 is 0 Å². The Bertz CT molecular complexity index is 1060. The van der Waals surface area contributed by atoms with Crippen LogP contribution < -0.4 is 14.8 Å². The SMILES string of the molecule is COc1cc(CNC23CC4CC(C)(CC(C)(C4)C2)C3)cc(Br)c1OCc1ccc(F)cc1Cl. The summed E-state index contributed by atoms with van der Waals surface area (Å²) < 4.78 is 25.8. The highest BCUT2D eigenvalue weighted by Gasteiger charge is 2.59. The maximum atomic E-state index is 13.3. The lowest BCUT2D eigenvalue weighted by Crippen LogP contribution is -2.63. The number of nitrogens with one attached hydrogen (secondary N) is 1. The van der Waals surface area contributed by atoms with Gasteiger partial charge in [0.05, 0.1) is 16.6 Å². The summed E-state index contributed by atoms with van der Waals surface area (Å²) >= 11 is 9.82. The molecule has 0 radical (unpaired) electrons. The number of hydrogen-bond donors (Lipinski definition) is 1. The van der Waals surface area contributed by atoms with Gasteiger partial charge in [0.2, 0.25) is 0 Å². The third kappa shape index (κ3) is 4.66. The molecule has 3 nitrogen and oxygen atoms in total. The zero-order chi connectivity index (χ0) is 23.4.